The summed E-state index contributed by atoms with van der Waals surface area (Å²) in [7, 11) is 1.83. The monoisotopic (exact) mass is 191 g/mol. The summed E-state index contributed by atoms with van der Waals surface area (Å²) in [6.45, 7) is 4.01. The minimum absolute atomic E-state index is 0.222. The molecule has 1 N–H and O–H groups in total. The van der Waals surface area contributed by atoms with E-state index in [0.29, 0.717) is 0 Å². The number of nitrogens with zero attached hydrogens (tertiary/aromatic N) is 3. The van der Waals surface area contributed by atoms with E-state index in [1.807, 2.05) is 20.9 Å². The Labute approximate surface area is 82.2 Å². The third-order valence-electron chi connectivity index (χ3n) is 2.29. The van der Waals surface area contributed by atoms with Gasteiger partial charge in [-0.25, -0.2) is 4.98 Å². The van der Waals surface area contributed by atoms with Crippen molar-refractivity contribution in [2.45, 2.75) is 19.8 Å². The van der Waals surface area contributed by atoms with E-state index in [4.69, 9.17) is 0 Å². The smallest absolute Gasteiger partial charge is 0.139 e. The van der Waals surface area contributed by atoms with Gasteiger partial charge in [0, 0.05) is 13.1 Å². The van der Waals surface area contributed by atoms with Crippen molar-refractivity contribution in [2.24, 2.45) is 7.05 Å². The van der Waals surface area contributed by atoms with Crippen LogP contribution in [0.1, 0.15) is 25.5 Å². The van der Waals surface area contributed by atoms with Crippen LogP contribution in [-0.2, 0) is 7.05 Å². The Bertz CT molecular complexity index is 473. The van der Waals surface area contributed by atoms with Crippen LogP contribution in [0.3, 0.4) is 0 Å². The van der Waals surface area contributed by atoms with Gasteiger partial charge in [0.25, 0.3) is 0 Å². The number of aromatic nitrogens is 3. The molecule has 0 spiro atoms. The fourth-order valence-electron chi connectivity index (χ4n) is 1.50. The predicted octanol–water partition coefficient (Wildman–Crippen LogP) is 1.80. The number of pyridine rings is 1. The van der Waals surface area contributed by atoms with Gasteiger partial charge in [0.05, 0.1) is 17.4 Å². The van der Waals surface area contributed by atoms with E-state index in [1.165, 1.54) is 0 Å². The number of hydrogen-bond acceptors (Lipinski definition) is 3. The molecule has 14 heavy (non-hydrogen) atoms. The molecular formula is C10H13N3O. The molecule has 0 saturated heterocycles. The van der Waals surface area contributed by atoms with Crippen molar-refractivity contribution in [3.63, 3.8) is 0 Å². The maximum absolute atomic E-state index is 9.72. The average Bonchev–Trinajstić information content (AvgIpc) is 2.46. The Balaban J connectivity index is 2.72. The lowest BCUT2D eigenvalue weighted by atomic mass is 10.1. The molecule has 0 unspecified atom stereocenters. The van der Waals surface area contributed by atoms with Gasteiger partial charge in [0.2, 0.25) is 0 Å². The zero-order chi connectivity index (χ0) is 10.3. The van der Waals surface area contributed by atoms with Gasteiger partial charge in [-0.1, -0.05) is 13.8 Å². The quantitative estimate of drug-likeness (QED) is 0.747. The van der Waals surface area contributed by atoms with Crippen molar-refractivity contribution in [1.29, 1.82) is 0 Å². The summed E-state index contributed by atoms with van der Waals surface area (Å²) in [5, 5.41) is 13.8. The van der Waals surface area contributed by atoms with Crippen molar-refractivity contribution in [3.8, 4) is 5.75 Å². The molecular weight excluding hydrogens is 178 g/mol. The van der Waals surface area contributed by atoms with E-state index in [2.05, 4.69) is 10.1 Å². The SMILES string of the molecule is CC(C)c1nc2cnn(C)c2cc1O. The molecule has 0 bridgehead atoms. The largest absolute Gasteiger partial charge is 0.506 e. The van der Waals surface area contributed by atoms with Crippen molar-refractivity contribution >= 4 is 11.0 Å². The second-order valence-electron chi connectivity index (χ2n) is 3.72. The lowest BCUT2D eigenvalue weighted by molar-refractivity contribution is 0.461. The maximum atomic E-state index is 9.72. The van der Waals surface area contributed by atoms with Gasteiger partial charge in [-0.2, -0.15) is 5.10 Å². The fraction of sp³-hybridized carbons (Fsp3) is 0.400. The highest BCUT2D eigenvalue weighted by Crippen LogP contribution is 2.26. The summed E-state index contributed by atoms with van der Waals surface area (Å²) in [4.78, 5) is 4.36. The van der Waals surface area contributed by atoms with Crippen LogP contribution in [0.2, 0.25) is 0 Å². The van der Waals surface area contributed by atoms with Gasteiger partial charge >= 0.3 is 0 Å². The summed E-state index contributed by atoms with van der Waals surface area (Å²) >= 11 is 0. The standard InChI is InChI=1S/C10H13N3O/c1-6(2)10-9(14)4-8-7(12-10)5-11-13(8)3/h4-6,14H,1-3H3. The first-order valence-electron chi connectivity index (χ1n) is 4.61. The summed E-state index contributed by atoms with van der Waals surface area (Å²) < 4.78 is 1.70. The van der Waals surface area contributed by atoms with Crippen molar-refractivity contribution in [3.05, 3.63) is 18.0 Å². The van der Waals surface area contributed by atoms with Gasteiger partial charge in [-0.05, 0) is 5.92 Å². The van der Waals surface area contributed by atoms with Crippen LogP contribution in [-0.4, -0.2) is 19.9 Å². The fourth-order valence-corrected chi connectivity index (χ4v) is 1.50. The molecule has 2 aromatic rings. The first kappa shape index (κ1) is 8.99. The number of fused-ring (bicyclic) bond motifs is 1. The Morgan fingerprint density at radius 3 is 2.79 bits per heavy atom. The van der Waals surface area contributed by atoms with Gasteiger partial charge in [-0.15, -0.1) is 0 Å². The topological polar surface area (TPSA) is 50.9 Å². The molecule has 0 radical (unpaired) electrons. The molecule has 0 aliphatic carbocycles. The Morgan fingerprint density at radius 2 is 2.14 bits per heavy atom. The number of aryl methyl sites for hydroxylation is 1. The summed E-state index contributed by atoms with van der Waals surface area (Å²) in [5.74, 6) is 0.468. The molecule has 0 aliphatic rings. The Morgan fingerprint density at radius 1 is 1.43 bits per heavy atom. The third-order valence-corrected chi connectivity index (χ3v) is 2.29. The summed E-state index contributed by atoms with van der Waals surface area (Å²) in [5.41, 5.74) is 2.41. The normalized spacial score (nSPS) is 11.4. The molecule has 0 aromatic carbocycles. The van der Waals surface area contributed by atoms with Crippen LogP contribution >= 0.6 is 0 Å². The minimum atomic E-state index is 0.222. The summed E-state index contributed by atoms with van der Waals surface area (Å²) in [6.07, 6.45) is 1.71. The Kier molecular flexibility index (Phi) is 1.91. The second kappa shape index (κ2) is 2.97. The van der Waals surface area contributed by atoms with Gasteiger partial charge in [0.1, 0.15) is 11.3 Å². The van der Waals surface area contributed by atoms with E-state index in [-0.39, 0.29) is 11.7 Å². The minimum Gasteiger partial charge on any atom is -0.506 e. The molecule has 2 rings (SSSR count). The van der Waals surface area contributed by atoms with E-state index in [0.717, 1.165) is 16.7 Å². The van der Waals surface area contributed by atoms with Crippen LogP contribution in [0, 0.1) is 0 Å². The highest BCUT2D eigenvalue weighted by Gasteiger charge is 2.11. The van der Waals surface area contributed by atoms with Crippen molar-refractivity contribution in [1.82, 2.24) is 14.8 Å². The lowest BCUT2D eigenvalue weighted by Crippen LogP contribution is -1.95. The maximum Gasteiger partial charge on any atom is 0.139 e. The van der Waals surface area contributed by atoms with Crippen molar-refractivity contribution < 1.29 is 5.11 Å². The molecule has 2 heterocycles. The average molecular weight is 191 g/mol. The number of aromatic hydroxyl groups is 1. The zero-order valence-electron chi connectivity index (χ0n) is 8.52. The molecule has 4 nitrogen and oxygen atoms in total. The van der Waals surface area contributed by atoms with E-state index >= 15 is 0 Å². The van der Waals surface area contributed by atoms with Crippen molar-refractivity contribution in [2.75, 3.05) is 0 Å². The molecule has 0 aliphatic heterocycles. The number of rotatable bonds is 1. The lowest BCUT2D eigenvalue weighted by Gasteiger charge is -2.06. The molecule has 2 aromatic heterocycles. The third kappa shape index (κ3) is 1.23. The summed E-state index contributed by atoms with van der Waals surface area (Å²) in [6, 6.07) is 1.71. The van der Waals surface area contributed by atoms with Crippen LogP contribution in [0.25, 0.3) is 11.0 Å². The molecule has 0 atom stereocenters. The van der Waals surface area contributed by atoms with Crippen LogP contribution in [0.15, 0.2) is 12.3 Å². The Hall–Kier alpha value is -1.58. The van der Waals surface area contributed by atoms with E-state index in [9.17, 15) is 5.11 Å². The van der Waals surface area contributed by atoms with E-state index in [1.54, 1.807) is 16.9 Å². The molecule has 0 saturated carbocycles. The molecule has 4 heteroatoms. The zero-order valence-corrected chi connectivity index (χ0v) is 8.52. The van der Waals surface area contributed by atoms with Crippen LogP contribution in [0.5, 0.6) is 5.75 Å². The van der Waals surface area contributed by atoms with Gasteiger partial charge in [-0.3, -0.25) is 4.68 Å². The van der Waals surface area contributed by atoms with E-state index < -0.39 is 0 Å². The van der Waals surface area contributed by atoms with Gasteiger partial charge < -0.3 is 5.11 Å². The molecule has 74 valence electrons. The first-order valence-corrected chi connectivity index (χ1v) is 4.61. The molecule has 0 amide bonds. The van der Waals surface area contributed by atoms with Crippen LogP contribution in [0.4, 0.5) is 0 Å². The van der Waals surface area contributed by atoms with Gasteiger partial charge in [0.15, 0.2) is 0 Å². The number of hydrogen-bond donors (Lipinski definition) is 1. The highest BCUT2D eigenvalue weighted by atomic mass is 16.3. The predicted molar refractivity (Wildman–Crippen MR) is 54.3 cm³/mol. The first-order chi connectivity index (χ1) is 6.59. The van der Waals surface area contributed by atoms with Crippen LogP contribution < -0.4 is 0 Å². The highest BCUT2D eigenvalue weighted by molar-refractivity contribution is 5.76. The molecule has 0 fully saturated rings. The second-order valence-corrected chi connectivity index (χ2v) is 3.72.